The molecule has 1 saturated heterocycles. The van der Waals surface area contributed by atoms with Crippen molar-refractivity contribution in [2.45, 2.75) is 25.9 Å². The molecule has 1 aliphatic rings. The topological polar surface area (TPSA) is 70.0 Å². The molecular weight excluding hydrogens is 246 g/mol. The summed E-state index contributed by atoms with van der Waals surface area (Å²) in [6, 6.07) is 5.17. The lowest BCUT2D eigenvalue weighted by molar-refractivity contribution is -0.142. The summed E-state index contributed by atoms with van der Waals surface area (Å²) in [7, 11) is 1.55. The number of rotatable bonds is 4. The Morgan fingerprint density at radius 1 is 1.53 bits per heavy atom. The molecule has 0 saturated carbocycles. The third-order valence-electron chi connectivity index (χ3n) is 3.87. The molecule has 5 nitrogen and oxygen atoms in total. The minimum atomic E-state index is -0.742. The summed E-state index contributed by atoms with van der Waals surface area (Å²) < 4.78 is 5.04. The first kappa shape index (κ1) is 13.7. The lowest BCUT2D eigenvalue weighted by atomic mass is 10.0. The fraction of sp³-hybridized carbons (Fsp3) is 0.500. The van der Waals surface area contributed by atoms with Crippen LogP contribution in [-0.4, -0.2) is 40.8 Å². The van der Waals surface area contributed by atoms with Crippen molar-refractivity contribution in [1.29, 1.82) is 0 Å². The van der Waals surface area contributed by atoms with Crippen LogP contribution in [0.5, 0.6) is 11.5 Å². The summed E-state index contributed by atoms with van der Waals surface area (Å²) >= 11 is 0. The zero-order chi connectivity index (χ0) is 14.0. The van der Waals surface area contributed by atoms with Crippen molar-refractivity contribution in [2.24, 2.45) is 5.92 Å². The lowest BCUT2D eigenvalue weighted by Gasteiger charge is -2.23. The number of carboxylic acids is 1. The minimum Gasteiger partial charge on any atom is -0.507 e. The van der Waals surface area contributed by atoms with Gasteiger partial charge in [-0.1, -0.05) is 6.07 Å². The van der Waals surface area contributed by atoms with Gasteiger partial charge in [-0.25, -0.2) is 0 Å². The molecule has 0 bridgehead atoms. The van der Waals surface area contributed by atoms with Crippen LogP contribution in [0.3, 0.4) is 0 Å². The molecule has 5 heteroatoms. The van der Waals surface area contributed by atoms with E-state index in [1.54, 1.807) is 19.2 Å². The van der Waals surface area contributed by atoms with Gasteiger partial charge < -0.3 is 14.9 Å². The number of hydrogen-bond acceptors (Lipinski definition) is 4. The molecule has 1 aromatic rings. The van der Waals surface area contributed by atoms with Crippen LogP contribution >= 0.6 is 0 Å². The summed E-state index contributed by atoms with van der Waals surface area (Å²) in [6.07, 6.45) is 0.660. The molecule has 2 atom stereocenters. The van der Waals surface area contributed by atoms with Crippen LogP contribution in [0.2, 0.25) is 0 Å². The highest BCUT2D eigenvalue weighted by atomic mass is 16.5. The molecule has 2 rings (SSSR count). The molecule has 0 amide bonds. The van der Waals surface area contributed by atoms with Gasteiger partial charge in [-0.2, -0.15) is 0 Å². The second-order valence-corrected chi connectivity index (χ2v) is 4.94. The van der Waals surface area contributed by atoms with Crippen molar-refractivity contribution in [3.63, 3.8) is 0 Å². The van der Waals surface area contributed by atoms with Gasteiger partial charge in [-0.05, 0) is 26.0 Å². The summed E-state index contributed by atoms with van der Waals surface area (Å²) in [5, 5.41) is 19.0. The van der Waals surface area contributed by atoms with E-state index in [4.69, 9.17) is 9.84 Å². The molecule has 1 heterocycles. The molecular formula is C14H19NO4. The van der Waals surface area contributed by atoms with Crippen molar-refractivity contribution in [2.75, 3.05) is 13.7 Å². The number of phenolic OH excluding ortho intramolecular Hbond substituents is 1. The Bertz CT molecular complexity index is 475. The van der Waals surface area contributed by atoms with E-state index in [9.17, 15) is 9.90 Å². The largest absolute Gasteiger partial charge is 0.507 e. The van der Waals surface area contributed by atoms with Gasteiger partial charge in [0.05, 0.1) is 13.0 Å². The van der Waals surface area contributed by atoms with Gasteiger partial charge in [0.25, 0.3) is 0 Å². The van der Waals surface area contributed by atoms with Gasteiger partial charge in [0.2, 0.25) is 0 Å². The highest BCUT2D eigenvalue weighted by molar-refractivity contribution is 5.71. The number of hydrogen-bond donors (Lipinski definition) is 2. The first-order valence-electron chi connectivity index (χ1n) is 6.35. The number of ether oxygens (including phenoxy) is 1. The van der Waals surface area contributed by atoms with Crippen molar-refractivity contribution in [1.82, 2.24) is 4.90 Å². The molecule has 104 valence electrons. The zero-order valence-electron chi connectivity index (χ0n) is 11.2. The standard InChI is InChI=1S/C14H19NO4/c1-9-12(14(17)18)5-6-15(9)8-10-3-4-11(19-2)7-13(10)16/h3-4,7,9,12,16H,5-6,8H2,1-2H3,(H,17,18). The summed E-state index contributed by atoms with van der Waals surface area (Å²) in [5.74, 6) is -0.265. The molecule has 0 radical (unpaired) electrons. The van der Waals surface area contributed by atoms with Crippen molar-refractivity contribution < 1.29 is 19.7 Å². The van der Waals surface area contributed by atoms with E-state index in [1.165, 1.54) is 0 Å². The van der Waals surface area contributed by atoms with Crippen molar-refractivity contribution in [3.05, 3.63) is 23.8 Å². The number of aliphatic carboxylic acids is 1. The predicted octanol–water partition coefficient (Wildman–Crippen LogP) is 1.70. The second-order valence-electron chi connectivity index (χ2n) is 4.94. The Hall–Kier alpha value is -1.75. The number of carbonyl (C=O) groups is 1. The number of methoxy groups -OCH3 is 1. The van der Waals surface area contributed by atoms with Crippen LogP contribution in [0.4, 0.5) is 0 Å². The summed E-state index contributed by atoms with van der Waals surface area (Å²) in [4.78, 5) is 13.2. The average Bonchev–Trinajstić information content (AvgIpc) is 2.73. The SMILES string of the molecule is COc1ccc(CN2CCC(C(=O)O)C2C)c(O)c1. The Morgan fingerprint density at radius 3 is 2.79 bits per heavy atom. The Morgan fingerprint density at radius 2 is 2.26 bits per heavy atom. The van der Waals surface area contributed by atoms with Crippen LogP contribution in [-0.2, 0) is 11.3 Å². The maximum absolute atomic E-state index is 11.1. The minimum absolute atomic E-state index is 0.0148. The van der Waals surface area contributed by atoms with Crippen LogP contribution in [0, 0.1) is 5.92 Å². The van der Waals surface area contributed by atoms with Crippen LogP contribution in [0.25, 0.3) is 0 Å². The predicted molar refractivity (Wildman–Crippen MR) is 70.3 cm³/mol. The van der Waals surface area contributed by atoms with Gasteiger partial charge in [0.15, 0.2) is 0 Å². The summed E-state index contributed by atoms with van der Waals surface area (Å²) in [6.45, 7) is 3.22. The third kappa shape index (κ3) is 2.81. The second kappa shape index (κ2) is 5.48. The van der Waals surface area contributed by atoms with Gasteiger partial charge in [0.1, 0.15) is 11.5 Å². The van der Waals surface area contributed by atoms with E-state index in [-0.39, 0.29) is 17.7 Å². The molecule has 0 aliphatic carbocycles. The monoisotopic (exact) mass is 265 g/mol. The zero-order valence-corrected chi connectivity index (χ0v) is 11.2. The van der Waals surface area contributed by atoms with Gasteiger partial charge in [-0.15, -0.1) is 0 Å². The third-order valence-corrected chi connectivity index (χ3v) is 3.87. The molecule has 2 N–H and O–H groups in total. The van der Waals surface area contributed by atoms with Gasteiger partial charge in [0, 0.05) is 24.2 Å². The van der Waals surface area contributed by atoms with E-state index in [2.05, 4.69) is 4.90 Å². The van der Waals surface area contributed by atoms with E-state index in [0.29, 0.717) is 18.7 Å². The van der Waals surface area contributed by atoms with E-state index < -0.39 is 5.97 Å². The average molecular weight is 265 g/mol. The van der Waals surface area contributed by atoms with E-state index in [0.717, 1.165) is 12.1 Å². The molecule has 0 spiro atoms. The molecule has 19 heavy (non-hydrogen) atoms. The Balaban J connectivity index is 2.08. The number of aromatic hydroxyl groups is 1. The van der Waals surface area contributed by atoms with Crippen molar-refractivity contribution >= 4 is 5.97 Å². The van der Waals surface area contributed by atoms with E-state index >= 15 is 0 Å². The van der Waals surface area contributed by atoms with E-state index in [1.807, 2.05) is 13.0 Å². The lowest BCUT2D eigenvalue weighted by Crippen LogP contribution is -2.32. The Kier molecular flexibility index (Phi) is 3.95. The van der Waals surface area contributed by atoms with Crippen LogP contribution in [0.15, 0.2) is 18.2 Å². The normalized spacial score (nSPS) is 23.5. The molecule has 2 unspecified atom stereocenters. The first-order chi connectivity index (χ1) is 9.02. The smallest absolute Gasteiger partial charge is 0.308 e. The number of benzene rings is 1. The highest BCUT2D eigenvalue weighted by Crippen LogP contribution is 2.30. The van der Waals surface area contributed by atoms with Gasteiger partial charge >= 0.3 is 5.97 Å². The number of nitrogens with zero attached hydrogens (tertiary/aromatic N) is 1. The van der Waals surface area contributed by atoms with Crippen molar-refractivity contribution in [3.8, 4) is 11.5 Å². The number of carboxylic acid groups (broad SMARTS) is 1. The maximum Gasteiger partial charge on any atom is 0.308 e. The molecule has 1 aliphatic heterocycles. The van der Waals surface area contributed by atoms with Crippen LogP contribution < -0.4 is 4.74 Å². The molecule has 1 aromatic carbocycles. The molecule has 0 aromatic heterocycles. The Labute approximate surface area is 112 Å². The van der Waals surface area contributed by atoms with Gasteiger partial charge in [-0.3, -0.25) is 9.69 Å². The number of phenols is 1. The maximum atomic E-state index is 11.1. The summed E-state index contributed by atoms with van der Waals surface area (Å²) in [5.41, 5.74) is 0.790. The number of likely N-dealkylation sites (tertiary alicyclic amines) is 1. The quantitative estimate of drug-likeness (QED) is 0.867. The molecule has 1 fully saturated rings. The van der Waals surface area contributed by atoms with Crippen LogP contribution in [0.1, 0.15) is 18.9 Å². The fourth-order valence-electron chi connectivity index (χ4n) is 2.58. The fourth-order valence-corrected chi connectivity index (χ4v) is 2.58. The highest BCUT2D eigenvalue weighted by Gasteiger charge is 2.35. The first-order valence-corrected chi connectivity index (χ1v) is 6.35.